The second-order valence-electron chi connectivity index (χ2n) is 5.31. The highest BCUT2D eigenvalue weighted by molar-refractivity contribution is 7.09. The van der Waals surface area contributed by atoms with Gasteiger partial charge in [-0.25, -0.2) is 4.98 Å². The highest BCUT2D eigenvalue weighted by Crippen LogP contribution is 2.19. The van der Waals surface area contributed by atoms with Gasteiger partial charge in [-0.3, -0.25) is 4.90 Å². The number of rotatable bonds is 5. The van der Waals surface area contributed by atoms with Crippen LogP contribution in [0.5, 0.6) is 0 Å². The largest absolute Gasteiger partial charge is 0.306 e. The summed E-state index contributed by atoms with van der Waals surface area (Å²) < 4.78 is 0. The molecule has 1 aliphatic heterocycles. The summed E-state index contributed by atoms with van der Waals surface area (Å²) in [6.07, 6.45) is 2.65. The van der Waals surface area contributed by atoms with Crippen LogP contribution in [0, 0.1) is 5.92 Å². The molecule has 0 amide bonds. The molecule has 0 atom stereocenters. The summed E-state index contributed by atoms with van der Waals surface area (Å²) in [6, 6.07) is 0. The first kappa shape index (κ1) is 14.3. The van der Waals surface area contributed by atoms with E-state index in [4.69, 9.17) is 11.6 Å². The number of alkyl halides is 1. The zero-order valence-electron chi connectivity index (χ0n) is 11.2. The zero-order chi connectivity index (χ0) is 13.0. The molecule has 0 bridgehead atoms. The summed E-state index contributed by atoms with van der Waals surface area (Å²) in [5.74, 6) is 1.37. The van der Waals surface area contributed by atoms with Crippen LogP contribution in [-0.2, 0) is 12.4 Å². The van der Waals surface area contributed by atoms with Gasteiger partial charge < -0.3 is 4.90 Å². The Balaban J connectivity index is 1.76. The van der Waals surface area contributed by atoms with Crippen molar-refractivity contribution in [3.05, 3.63) is 16.1 Å². The van der Waals surface area contributed by atoms with Gasteiger partial charge in [-0.1, -0.05) is 0 Å². The number of halogens is 1. The Morgan fingerprint density at radius 1 is 1.50 bits per heavy atom. The Bertz CT molecular complexity index is 361. The minimum atomic E-state index is 0.523. The third-order valence-corrected chi connectivity index (χ3v) is 4.71. The fourth-order valence-electron chi connectivity index (χ4n) is 2.46. The summed E-state index contributed by atoms with van der Waals surface area (Å²) >= 11 is 7.49. The Labute approximate surface area is 119 Å². The molecule has 0 N–H and O–H groups in total. The van der Waals surface area contributed by atoms with Gasteiger partial charge in [0.25, 0.3) is 0 Å². The molecule has 1 aliphatic rings. The van der Waals surface area contributed by atoms with Crippen LogP contribution in [0.15, 0.2) is 5.38 Å². The summed E-state index contributed by atoms with van der Waals surface area (Å²) in [5, 5.41) is 3.24. The van der Waals surface area contributed by atoms with Gasteiger partial charge in [0.15, 0.2) is 0 Å². The van der Waals surface area contributed by atoms with Gasteiger partial charge in [0.2, 0.25) is 0 Å². The molecule has 102 valence electrons. The number of piperidine rings is 1. The van der Waals surface area contributed by atoms with Gasteiger partial charge in [-0.05, 0) is 45.9 Å². The zero-order valence-corrected chi connectivity index (χ0v) is 12.8. The standard InChI is InChI=1S/C13H22ClN3S/c1-16-5-3-11(4-6-16)8-17(2)9-13-15-12(7-14)10-18-13/h10-11H,3-9H2,1-2H3. The fourth-order valence-corrected chi connectivity index (χ4v) is 3.57. The predicted molar refractivity (Wildman–Crippen MR) is 78.2 cm³/mol. The monoisotopic (exact) mass is 287 g/mol. The minimum absolute atomic E-state index is 0.523. The van der Waals surface area contributed by atoms with Crippen molar-refractivity contribution in [1.82, 2.24) is 14.8 Å². The first-order valence-electron chi connectivity index (χ1n) is 6.53. The van der Waals surface area contributed by atoms with E-state index in [0.717, 1.165) is 18.2 Å². The molecule has 1 aromatic rings. The molecule has 1 saturated heterocycles. The summed E-state index contributed by atoms with van der Waals surface area (Å²) in [6.45, 7) is 4.62. The molecule has 0 aromatic carbocycles. The fraction of sp³-hybridized carbons (Fsp3) is 0.769. The lowest BCUT2D eigenvalue weighted by Crippen LogP contribution is -2.35. The highest BCUT2D eigenvalue weighted by atomic mass is 35.5. The number of aromatic nitrogens is 1. The number of hydrogen-bond donors (Lipinski definition) is 0. The van der Waals surface area contributed by atoms with Crippen LogP contribution < -0.4 is 0 Å². The van der Waals surface area contributed by atoms with E-state index in [2.05, 4.69) is 34.3 Å². The smallest absolute Gasteiger partial charge is 0.107 e. The van der Waals surface area contributed by atoms with Crippen molar-refractivity contribution in [2.24, 2.45) is 5.92 Å². The average Bonchev–Trinajstić information content (AvgIpc) is 2.79. The van der Waals surface area contributed by atoms with Gasteiger partial charge in [-0.2, -0.15) is 0 Å². The minimum Gasteiger partial charge on any atom is -0.306 e. The van der Waals surface area contributed by atoms with Crippen molar-refractivity contribution in [1.29, 1.82) is 0 Å². The van der Waals surface area contributed by atoms with Gasteiger partial charge in [-0.15, -0.1) is 22.9 Å². The van der Waals surface area contributed by atoms with Crippen molar-refractivity contribution >= 4 is 22.9 Å². The maximum Gasteiger partial charge on any atom is 0.107 e. The maximum atomic E-state index is 5.77. The molecule has 0 saturated carbocycles. The van der Waals surface area contributed by atoms with Crippen LogP contribution in [-0.4, -0.2) is 48.5 Å². The lowest BCUT2D eigenvalue weighted by atomic mass is 9.97. The van der Waals surface area contributed by atoms with Crippen LogP contribution >= 0.6 is 22.9 Å². The number of likely N-dealkylation sites (tertiary alicyclic amines) is 1. The molecular formula is C13H22ClN3S. The molecule has 2 heterocycles. The van der Waals surface area contributed by atoms with E-state index in [1.165, 1.54) is 37.5 Å². The molecule has 18 heavy (non-hydrogen) atoms. The average molecular weight is 288 g/mol. The SMILES string of the molecule is CN1CCC(CN(C)Cc2nc(CCl)cs2)CC1. The van der Waals surface area contributed by atoms with E-state index in [0.29, 0.717) is 5.88 Å². The molecule has 2 rings (SSSR count). The number of hydrogen-bond acceptors (Lipinski definition) is 4. The quantitative estimate of drug-likeness (QED) is 0.776. The van der Waals surface area contributed by atoms with Crippen LogP contribution in [0.2, 0.25) is 0 Å². The van der Waals surface area contributed by atoms with E-state index in [9.17, 15) is 0 Å². The van der Waals surface area contributed by atoms with Crippen molar-refractivity contribution < 1.29 is 0 Å². The van der Waals surface area contributed by atoms with Crippen LogP contribution in [0.4, 0.5) is 0 Å². The molecule has 0 aliphatic carbocycles. The van der Waals surface area contributed by atoms with Gasteiger partial charge in [0.1, 0.15) is 5.01 Å². The lowest BCUT2D eigenvalue weighted by Gasteiger charge is -2.31. The van der Waals surface area contributed by atoms with E-state index < -0.39 is 0 Å². The van der Waals surface area contributed by atoms with Gasteiger partial charge in [0.05, 0.1) is 18.1 Å². The summed E-state index contributed by atoms with van der Waals surface area (Å²) in [7, 11) is 4.41. The first-order valence-corrected chi connectivity index (χ1v) is 7.95. The summed E-state index contributed by atoms with van der Waals surface area (Å²) in [5.41, 5.74) is 1.00. The molecule has 0 radical (unpaired) electrons. The normalized spacial score (nSPS) is 18.7. The molecule has 0 unspecified atom stereocenters. The third-order valence-electron chi connectivity index (χ3n) is 3.55. The first-order chi connectivity index (χ1) is 8.67. The van der Waals surface area contributed by atoms with Crippen molar-refractivity contribution in [2.75, 3.05) is 33.7 Å². The second-order valence-corrected chi connectivity index (χ2v) is 6.52. The number of thiazole rings is 1. The highest BCUT2D eigenvalue weighted by Gasteiger charge is 2.18. The van der Waals surface area contributed by atoms with Crippen molar-refractivity contribution in [3.63, 3.8) is 0 Å². The van der Waals surface area contributed by atoms with Crippen molar-refractivity contribution in [2.45, 2.75) is 25.3 Å². The van der Waals surface area contributed by atoms with E-state index in [-0.39, 0.29) is 0 Å². The van der Waals surface area contributed by atoms with Crippen LogP contribution in [0.1, 0.15) is 23.5 Å². The third kappa shape index (κ3) is 4.19. The topological polar surface area (TPSA) is 19.4 Å². The van der Waals surface area contributed by atoms with Gasteiger partial charge in [0, 0.05) is 11.9 Å². The van der Waals surface area contributed by atoms with E-state index in [1.807, 2.05) is 0 Å². The lowest BCUT2D eigenvalue weighted by molar-refractivity contribution is 0.173. The molecule has 1 fully saturated rings. The Morgan fingerprint density at radius 2 is 2.22 bits per heavy atom. The predicted octanol–water partition coefficient (Wildman–Crippen LogP) is 2.66. The molecule has 5 heteroatoms. The van der Waals surface area contributed by atoms with Gasteiger partial charge >= 0.3 is 0 Å². The van der Waals surface area contributed by atoms with E-state index >= 15 is 0 Å². The Morgan fingerprint density at radius 3 is 2.83 bits per heavy atom. The Hall–Kier alpha value is -0.160. The second kappa shape index (κ2) is 6.85. The molecule has 0 spiro atoms. The van der Waals surface area contributed by atoms with E-state index in [1.54, 1.807) is 11.3 Å². The Kier molecular flexibility index (Phi) is 5.42. The molecular weight excluding hydrogens is 266 g/mol. The number of nitrogens with zero attached hydrogens (tertiary/aromatic N) is 3. The summed E-state index contributed by atoms with van der Waals surface area (Å²) in [4.78, 5) is 9.33. The molecule has 1 aromatic heterocycles. The van der Waals surface area contributed by atoms with Crippen LogP contribution in [0.25, 0.3) is 0 Å². The maximum absolute atomic E-state index is 5.77. The van der Waals surface area contributed by atoms with Crippen LogP contribution in [0.3, 0.4) is 0 Å². The molecule has 3 nitrogen and oxygen atoms in total. The van der Waals surface area contributed by atoms with Crippen molar-refractivity contribution in [3.8, 4) is 0 Å².